The Morgan fingerprint density at radius 1 is 1.18 bits per heavy atom. The summed E-state index contributed by atoms with van der Waals surface area (Å²) in [5, 5.41) is 0. The zero-order chi connectivity index (χ0) is 12.3. The number of nitrogens with two attached hydrogens (primary N) is 1. The van der Waals surface area contributed by atoms with Gasteiger partial charge in [-0.05, 0) is 24.1 Å². The quantitative estimate of drug-likeness (QED) is 0.816. The zero-order valence-corrected chi connectivity index (χ0v) is 9.61. The van der Waals surface area contributed by atoms with Gasteiger partial charge in [-0.15, -0.1) is 0 Å². The molecule has 17 heavy (non-hydrogen) atoms. The molecule has 0 unspecified atom stereocenters. The number of ether oxygens (including phenoxy) is 1. The van der Waals surface area contributed by atoms with Gasteiger partial charge in [-0.1, -0.05) is 25.1 Å². The predicted octanol–water partition coefficient (Wildman–Crippen LogP) is 3.76. The third kappa shape index (κ3) is 2.75. The molecule has 0 radical (unpaired) electrons. The first kappa shape index (κ1) is 11.5. The molecule has 2 N–H and O–H groups in total. The number of benzene rings is 2. The minimum absolute atomic E-state index is 0.356. The Kier molecular flexibility index (Phi) is 3.28. The summed E-state index contributed by atoms with van der Waals surface area (Å²) < 4.78 is 18.8. The Hall–Kier alpha value is -2.03. The van der Waals surface area contributed by atoms with Crippen molar-refractivity contribution >= 4 is 5.69 Å². The van der Waals surface area contributed by atoms with Crippen molar-refractivity contribution < 1.29 is 9.13 Å². The van der Waals surface area contributed by atoms with Crippen molar-refractivity contribution in [2.75, 3.05) is 5.73 Å². The summed E-state index contributed by atoms with van der Waals surface area (Å²) in [4.78, 5) is 0. The lowest BCUT2D eigenvalue weighted by atomic mass is 10.1. The third-order valence-electron chi connectivity index (χ3n) is 2.47. The van der Waals surface area contributed by atoms with Crippen LogP contribution in [0.2, 0.25) is 0 Å². The van der Waals surface area contributed by atoms with Crippen molar-refractivity contribution in [1.82, 2.24) is 0 Å². The van der Waals surface area contributed by atoms with Gasteiger partial charge < -0.3 is 10.5 Å². The molecule has 3 heteroatoms. The first-order chi connectivity index (χ1) is 8.19. The molecule has 0 aliphatic carbocycles. The molecule has 0 heterocycles. The Balaban J connectivity index is 2.31. The van der Waals surface area contributed by atoms with Crippen molar-refractivity contribution in [1.29, 1.82) is 0 Å². The summed E-state index contributed by atoms with van der Waals surface area (Å²) in [6.45, 7) is 2.04. The van der Waals surface area contributed by atoms with Gasteiger partial charge in [0, 0.05) is 17.8 Å². The Morgan fingerprint density at radius 3 is 2.65 bits per heavy atom. The van der Waals surface area contributed by atoms with Crippen LogP contribution in [0.4, 0.5) is 10.1 Å². The first-order valence-electron chi connectivity index (χ1n) is 5.51. The summed E-state index contributed by atoms with van der Waals surface area (Å²) in [5.74, 6) is 0.761. The molecule has 2 rings (SSSR count). The van der Waals surface area contributed by atoms with Crippen LogP contribution in [0.1, 0.15) is 12.5 Å². The smallest absolute Gasteiger partial charge is 0.132 e. The van der Waals surface area contributed by atoms with E-state index in [0.717, 1.165) is 17.7 Å². The van der Waals surface area contributed by atoms with Gasteiger partial charge in [0.15, 0.2) is 0 Å². The van der Waals surface area contributed by atoms with E-state index in [1.807, 2.05) is 31.2 Å². The van der Waals surface area contributed by atoms with Crippen molar-refractivity contribution in [2.45, 2.75) is 13.3 Å². The zero-order valence-electron chi connectivity index (χ0n) is 9.61. The second-order valence-corrected chi connectivity index (χ2v) is 3.78. The van der Waals surface area contributed by atoms with Gasteiger partial charge >= 0.3 is 0 Å². The summed E-state index contributed by atoms with van der Waals surface area (Å²) in [5.41, 5.74) is 7.00. The van der Waals surface area contributed by atoms with Gasteiger partial charge in [-0.25, -0.2) is 4.39 Å². The highest BCUT2D eigenvalue weighted by Gasteiger charge is 2.04. The van der Waals surface area contributed by atoms with Gasteiger partial charge in [0.05, 0.1) is 0 Å². The summed E-state index contributed by atoms with van der Waals surface area (Å²) in [7, 11) is 0. The molecule has 2 aromatic carbocycles. The largest absolute Gasteiger partial charge is 0.457 e. The lowest BCUT2D eigenvalue weighted by molar-refractivity contribution is 0.472. The second-order valence-electron chi connectivity index (χ2n) is 3.78. The van der Waals surface area contributed by atoms with E-state index in [0.29, 0.717) is 11.4 Å². The fraction of sp³-hybridized carbons (Fsp3) is 0.143. The second kappa shape index (κ2) is 4.87. The standard InChI is InChI=1S/C14H14FNO/c1-2-10-5-3-4-6-14(10)17-13-8-11(15)7-12(16)9-13/h3-9H,2,16H2,1H3. The Morgan fingerprint density at radius 2 is 1.94 bits per heavy atom. The summed E-state index contributed by atoms with van der Waals surface area (Å²) in [6.07, 6.45) is 0.862. The number of hydrogen-bond donors (Lipinski definition) is 1. The number of para-hydroxylation sites is 1. The van der Waals surface area contributed by atoms with Crippen molar-refractivity contribution in [3.05, 3.63) is 53.8 Å². The van der Waals surface area contributed by atoms with Crippen LogP contribution in [0.25, 0.3) is 0 Å². The van der Waals surface area contributed by atoms with E-state index in [-0.39, 0.29) is 0 Å². The monoisotopic (exact) mass is 231 g/mol. The van der Waals surface area contributed by atoms with E-state index >= 15 is 0 Å². The Labute approximate surface area is 99.8 Å². The number of hydrogen-bond acceptors (Lipinski definition) is 2. The number of rotatable bonds is 3. The molecular weight excluding hydrogens is 217 g/mol. The lowest BCUT2D eigenvalue weighted by Crippen LogP contribution is -1.92. The van der Waals surface area contributed by atoms with Crippen LogP contribution < -0.4 is 10.5 Å². The van der Waals surface area contributed by atoms with E-state index in [9.17, 15) is 4.39 Å². The summed E-state index contributed by atoms with van der Waals surface area (Å²) >= 11 is 0. The highest BCUT2D eigenvalue weighted by molar-refractivity contribution is 5.46. The SMILES string of the molecule is CCc1ccccc1Oc1cc(N)cc(F)c1. The number of anilines is 1. The fourth-order valence-corrected chi connectivity index (χ4v) is 1.67. The van der Waals surface area contributed by atoms with Crippen LogP contribution >= 0.6 is 0 Å². The summed E-state index contributed by atoms with van der Waals surface area (Å²) in [6, 6.07) is 11.9. The van der Waals surface area contributed by atoms with E-state index in [1.165, 1.54) is 12.1 Å². The molecule has 2 aromatic rings. The molecule has 0 aromatic heterocycles. The van der Waals surface area contributed by atoms with E-state index in [1.54, 1.807) is 6.07 Å². The number of aryl methyl sites for hydroxylation is 1. The molecule has 0 spiro atoms. The van der Waals surface area contributed by atoms with Crippen LogP contribution in [-0.2, 0) is 6.42 Å². The van der Waals surface area contributed by atoms with E-state index < -0.39 is 5.82 Å². The van der Waals surface area contributed by atoms with Crippen molar-refractivity contribution in [3.8, 4) is 11.5 Å². The van der Waals surface area contributed by atoms with Gasteiger partial charge in [0.25, 0.3) is 0 Å². The lowest BCUT2D eigenvalue weighted by Gasteiger charge is -2.10. The fourth-order valence-electron chi connectivity index (χ4n) is 1.67. The Bertz CT molecular complexity index is 505. The van der Waals surface area contributed by atoms with Crippen molar-refractivity contribution in [2.24, 2.45) is 0 Å². The molecule has 88 valence electrons. The van der Waals surface area contributed by atoms with E-state index in [2.05, 4.69) is 0 Å². The molecule has 0 saturated heterocycles. The number of halogens is 1. The highest BCUT2D eigenvalue weighted by Crippen LogP contribution is 2.27. The minimum Gasteiger partial charge on any atom is -0.457 e. The third-order valence-corrected chi connectivity index (χ3v) is 2.47. The highest BCUT2D eigenvalue weighted by atomic mass is 19.1. The topological polar surface area (TPSA) is 35.2 Å². The van der Waals surface area contributed by atoms with E-state index in [4.69, 9.17) is 10.5 Å². The van der Waals surface area contributed by atoms with Crippen molar-refractivity contribution in [3.63, 3.8) is 0 Å². The average molecular weight is 231 g/mol. The molecule has 0 fully saturated rings. The maximum Gasteiger partial charge on any atom is 0.132 e. The number of nitrogen functional groups attached to an aromatic ring is 1. The molecule has 0 aliphatic heterocycles. The van der Waals surface area contributed by atoms with Gasteiger partial charge in [-0.3, -0.25) is 0 Å². The molecular formula is C14H14FNO. The first-order valence-corrected chi connectivity index (χ1v) is 5.51. The maximum absolute atomic E-state index is 13.2. The molecule has 0 aliphatic rings. The maximum atomic E-state index is 13.2. The van der Waals surface area contributed by atoms with Crippen LogP contribution in [0.15, 0.2) is 42.5 Å². The molecule has 0 amide bonds. The van der Waals surface area contributed by atoms with Crippen LogP contribution in [0.5, 0.6) is 11.5 Å². The van der Waals surface area contributed by atoms with Crippen LogP contribution in [-0.4, -0.2) is 0 Å². The minimum atomic E-state index is -0.394. The van der Waals surface area contributed by atoms with Gasteiger partial charge in [0.2, 0.25) is 0 Å². The molecule has 2 nitrogen and oxygen atoms in total. The average Bonchev–Trinajstić information content (AvgIpc) is 2.28. The molecule has 0 atom stereocenters. The molecule has 0 saturated carbocycles. The normalized spacial score (nSPS) is 10.2. The molecule has 0 bridgehead atoms. The van der Waals surface area contributed by atoms with Gasteiger partial charge in [0.1, 0.15) is 17.3 Å². The van der Waals surface area contributed by atoms with Crippen LogP contribution in [0, 0.1) is 5.82 Å². The predicted molar refractivity (Wildman–Crippen MR) is 66.7 cm³/mol. The van der Waals surface area contributed by atoms with Gasteiger partial charge in [-0.2, -0.15) is 0 Å². The van der Waals surface area contributed by atoms with Crippen LogP contribution in [0.3, 0.4) is 0 Å².